The first-order valence-electron chi connectivity index (χ1n) is 13.7. The summed E-state index contributed by atoms with van der Waals surface area (Å²) in [5.41, 5.74) is 1.72. The van der Waals surface area contributed by atoms with E-state index in [0.29, 0.717) is 16.7 Å². The summed E-state index contributed by atoms with van der Waals surface area (Å²) in [6, 6.07) is 2.73. The Morgan fingerprint density at radius 1 is 1.12 bits per heavy atom. The summed E-state index contributed by atoms with van der Waals surface area (Å²) in [6.07, 6.45) is 23.2. The van der Waals surface area contributed by atoms with Crippen LogP contribution in [0.15, 0.2) is 24.4 Å². The van der Waals surface area contributed by atoms with Crippen LogP contribution < -0.4 is 0 Å². The summed E-state index contributed by atoms with van der Waals surface area (Å²) in [5.74, 6) is 7.91. The van der Waals surface area contributed by atoms with Crippen LogP contribution in [0.5, 0.6) is 0 Å². The first kappa shape index (κ1) is 24.5. The molecule has 0 spiro atoms. The van der Waals surface area contributed by atoms with Crippen LogP contribution in [-0.2, 0) is 0 Å². The minimum absolute atomic E-state index is 0.0675. The number of rotatable bonds is 6. The molecular formula is C31H46N2. The van der Waals surface area contributed by atoms with Gasteiger partial charge >= 0.3 is 0 Å². The van der Waals surface area contributed by atoms with Gasteiger partial charge in [0.05, 0.1) is 12.0 Å². The van der Waals surface area contributed by atoms with Crippen LogP contribution in [0, 0.1) is 75.9 Å². The molecule has 0 aliphatic heterocycles. The van der Waals surface area contributed by atoms with Crippen LogP contribution in [0.2, 0.25) is 0 Å². The van der Waals surface area contributed by atoms with E-state index in [-0.39, 0.29) is 5.92 Å². The highest BCUT2D eigenvalue weighted by molar-refractivity contribution is 5.34. The number of hydrogen-bond acceptors (Lipinski definition) is 2. The van der Waals surface area contributed by atoms with E-state index < -0.39 is 0 Å². The molecule has 4 aliphatic carbocycles. The van der Waals surface area contributed by atoms with Gasteiger partial charge < -0.3 is 4.90 Å². The molecule has 4 saturated carbocycles. The molecule has 0 aromatic rings. The van der Waals surface area contributed by atoms with E-state index >= 15 is 0 Å². The van der Waals surface area contributed by atoms with E-state index in [9.17, 15) is 5.26 Å². The average molecular weight is 447 g/mol. The predicted molar refractivity (Wildman–Crippen MR) is 138 cm³/mol. The smallest absolute Gasteiger partial charge is 0.0677 e. The molecule has 4 rings (SSSR count). The summed E-state index contributed by atoms with van der Waals surface area (Å²) in [5, 5.41) is 10.2. The Balaban J connectivity index is 1.47. The highest BCUT2D eigenvalue weighted by atomic mass is 15.1. The number of nitrogens with zero attached hydrogens (tertiary/aromatic N) is 2. The van der Waals surface area contributed by atoms with Gasteiger partial charge in [-0.05, 0) is 104 Å². The quantitative estimate of drug-likeness (QED) is 0.313. The molecule has 0 aromatic heterocycles. The van der Waals surface area contributed by atoms with Crippen molar-refractivity contribution in [3.63, 3.8) is 0 Å². The van der Waals surface area contributed by atoms with Gasteiger partial charge in [-0.1, -0.05) is 45.8 Å². The summed E-state index contributed by atoms with van der Waals surface area (Å²) in [4.78, 5) is 2.12. The number of nitriles is 1. The van der Waals surface area contributed by atoms with E-state index in [0.717, 1.165) is 41.7 Å². The van der Waals surface area contributed by atoms with Crippen molar-refractivity contribution < 1.29 is 0 Å². The highest BCUT2D eigenvalue weighted by Crippen LogP contribution is 2.66. The van der Waals surface area contributed by atoms with Crippen molar-refractivity contribution in [2.24, 2.45) is 52.3 Å². The first-order valence-corrected chi connectivity index (χ1v) is 13.7. The molecule has 0 heterocycles. The van der Waals surface area contributed by atoms with Gasteiger partial charge in [0.25, 0.3) is 0 Å². The van der Waals surface area contributed by atoms with Crippen LogP contribution in [0.1, 0.15) is 85.0 Å². The number of fused-ring (bicyclic) bond motifs is 5. The average Bonchev–Trinajstić information content (AvgIpc) is 3.17. The maximum Gasteiger partial charge on any atom is 0.0677 e. The van der Waals surface area contributed by atoms with Gasteiger partial charge in [-0.2, -0.15) is 5.26 Å². The summed E-state index contributed by atoms with van der Waals surface area (Å²) < 4.78 is 0. The Morgan fingerprint density at radius 2 is 1.88 bits per heavy atom. The van der Waals surface area contributed by atoms with Crippen LogP contribution in [-0.4, -0.2) is 18.5 Å². The molecule has 2 nitrogen and oxygen atoms in total. The van der Waals surface area contributed by atoms with E-state index in [1.165, 1.54) is 64.2 Å². The Hall–Kier alpha value is -1.67. The zero-order valence-electron chi connectivity index (χ0n) is 21.7. The second-order valence-electron chi connectivity index (χ2n) is 12.7. The van der Waals surface area contributed by atoms with Crippen LogP contribution in [0.4, 0.5) is 0 Å². The fraction of sp³-hybridized carbons (Fsp3) is 0.774. The van der Waals surface area contributed by atoms with Gasteiger partial charge in [0.15, 0.2) is 0 Å². The summed E-state index contributed by atoms with van der Waals surface area (Å²) >= 11 is 0. The first-order chi connectivity index (χ1) is 15.8. The molecule has 33 heavy (non-hydrogen) atoms. The lowest BCUT2D eigenvalue weighted by Gasteiger charge is -2.57. The summed E-state index contributed by atoms with van der Waals surface area (Å²) in [7, 11) is 2.05. The Labute approximate surface area is 203 Å². The van der Waals surface area contributed by atoms with Crippen molar-refractivity contribution in [1.29, 1.82) is 5.26 Å². The molecule has 0 aromatic carbocycles. The number of hydrogen-bond donors (Lipinski definition) is 0. The van der Waals surface area contributed by atoms with E-state index in [2.05, 4.69) is 44.2 Å². The third-order valence-electron chi connectivity index (χ3n) is 11.2. The molecule has 0 amide bonds. The SMILES string of the molecule is C#C/C(C=C)=C/N(C)CC(C#N)C1CCC2C3CCC4C[C@](C)(CC)CCC4C3CCC12C. The Morgan fingerprint density at radius 3 is 2.55 bits per heavy atom. The van der Waals surface area contributed by atoms with Gasteiger partial charge in [-0.3, -0.25) is 0 Å². The molecule has 0 radical (unpaired) electrons. The van der Waals surface area contributed by atoms with Crippen LogP contribution >= 0.6 is 0 Å². The molecule has 0 bridgehead atoms. The topological polar surface area (TPSA) is 27.0 Å². The number of terminal acetylenes is 1. The fourth-order valence-corrected chi connectivity index (χ4v) is 9.22. The largest absolute Gasteiger partial charge is 0.378 e. The van der Waals surface area contributed by atoms with Crippen molar-refractivity contribution >= 4 is 0 Å². The Kier molecular flexibility index (Phi) is 7.06. The van der Waals surface area contributed by atoms with Gasteiger partial charge in [-0.15, -0.1) is 6.42 Å². The summed E-state index contributed by atoms with van der Waals surface area (Å²) in [6.45, 7) is 12.1. The maximum absolute atomic E-state index is 10.2. The standard InChI is InChI=1S/C31H46N2/c1-7-22(8-2)20-33(6)21-24(19-32)28-12-13-29-27-11-10-23-18-30(4,9-3)16-14-25(23)26(27)15-17-31(28,29)5/h1,8,20,23-29H,2,9-18,21H2,3-6H3/b22-20-/t23?,24?,25?,26?,27?,28?,29?,30-,31?/m1/s1. The third-order valence-corrected chi connectivity index (χ3v) is 11.2. The lowest BCUT2D eigenvalue weighted by Crippen LogP contribution is -2.50. The van der Waals surface area contributed by atoms with E-state index in [1.54, 1.807) is 6.08 Å². The fourth-order valence-electron chi connectivity index (χ4n) is 9.22. The van der Waals surface area contributed by atoms with E-state index in [1.807, 2.05) is 13.2 Å². The van der Waals surface area contributed by atoms with Crippen molar-refractivity contribution in [3.8, 4) is 18.4 Å². The van der Waals surface area contributed by atoms with Gasteiger partial charge in [0.2, 0.25) is 0 Å². The molecule has 4 aliphatic rings. The molecule has 0 saturated heterocycles. The van der Waals surface area contributed by atoms with Crippen LogP contribution in [0.25, 0.3) is 0 Å². The minimum Gasteiger partial charge on any atom is -0.378 e. The minimum atomic E-state index is 0.0675. The second-order valence-corrected chi connectivity index (χ2v) is 12.7. The normalized spacial score (nSPS) is 43.3. The molecule has 0 N–H and O–H groups in total. The molecular weight excluding hydrogens is 400 g/mol. The predicted octanol–water partition coefficient (Wildman–Crippen LogP) is 7.45. The molecule has 4 fully saturated rings. The van der Waals surface area contributed by atoms with Crippen LogP contribution in [0.3, 0.4) is 0 Å². The monoisotopic (exact) mass is 446 g/mol. The Bertz CT molecular complexity index is 842. The lowest BCUT2D eigenvalue weighted by atomic mass is 9.47. The van der Waals surface area contributed by atoms with Crippen molar-refractivity contribution in [3.05, 3.63) is 24.4 Å². The maximum atomic E-state index is 10.2. The van der Waals surface area contributed by atoms with Crippen molar-refractivity contribution in [2.45, 2.75) is 85.0 Å². The lowest BCUT2D eigenvalue weighted by molar-refractivity contribution is -0.0820. The number of allylic oxidation sites excluding steroid dienone is 2. The molecule has 8 unspecified atom stereocenters. The van der Waals surface area contributed by atoms with E-state index in [4.69, 9.17) is 6.42 Å². The van der Waals surface area contributed by atoms with Crippen molar-refractivity contribution in [1.82, 2.24) is 4.90 Å². The molecule has 2 heteroatoms. The third kappa shape index (κ3) is 4.41. The zero-order chi connectivity index (χ0) is 23.8. The molecule has 180 valence electrons. The second kappa shape index (κ2) is 9.53. The van der Waals surface area contributed by atoms with Crippen molar-refractivity contribution in [2.75, 3.05) is 13.6 Å². The molecule has 9 atom stereocenters. The zero-order valence-corrected chi connectivity index (χ0v) is 21.7. The van der Waals surface area contributed by atoms with Gasteiger partial charge in [0, 0.05) is 25.4 Å². The highest BCUT2D eigenvalue weighted by Gasteiger charge is 2.58. The van der Waals surface area contributed by atoms with Gasteiger partial charge in [0.1, 0.15) is 0 Å². The van der Waals surface area contributed by atoms with Gasteiger partial charge in [-0.25, -0.2) is 0 Å².